The predicted octanol–water partition coefficient (Wildman–Crippen LogP) is 2.89. The van der Waals surface area contributed by atoms with Crippen LogP contribution in [0.3, 0.4) is 0 Å². The number of carbonyl (C=O) groups is 1. The van der Waals surface area contributed by atoms with Gasteiger partial charge in [-0.2, -0.15) is 0 Å². The third kappa shape index (κ3) is 2.64. The molecule has 0 radical (unpaired) electrons. The minimum atomic E-state index is -0.464. The second-order valence-electron chi connectivity index (χ2n) is 5.89. The van der Waals surface area contributed by atoms with Crippen LogP contribution >= 0.6 is 0 Å². The lowest BCUT2D eigenvalue weighted by molar-refractivity contribution is -0.109. The first kappa shape index (κ1) is 15.7. The summed E-state index contributed by atoms with van der Waals surface area (Å²) in [5.74, 6) is 0.810. The Bertz CT molecular complexity index is 756. The van der Waals surface area contributed by atoms with Crippen molar-refractivity contribution in [3.63, 3.8) is 0 Å². The number of rotatable bonds is 5. The summed E-state index contributed by atoms with van der Waals surface area (Å²) >= 11 is 0. The molecule has 2 atom stereocenters. The second kappa shape index (κ2) is 6.14. The molecule has 0 aromatic heterocycles. The lowest BCUT2D eigenvalue weighted by atomic mass is 9.89. The van der Waals surface area contributed by atoms with Crippen LogP contribution in [-0.2, 0) is 15.1 Å². The summed E-state index contributed by atoms with van der Waals surface area (Å²) in [7, 11) is 3.36. The van der Waals surface area contributed by atoms with Gasteiger partial charge in [-0.1, -0.05) is 24.8 Å². The number of carbonyl (C=O) groups excluding carboxylic acids is 1. The van der Waals surface area contributed by atoms with Crippen LogP contribution in [0.4, 0.5) is 0 Å². The number of methoxy groups -OCH3 is 2. The molecule has 0 spiro atoms. The molecule has 3 rings (SSSR count). The zero-order valence-corrected chi connectivity index (χ0v) is 13.5. The number of aldehydes is 1. The van der Waals surface area contributed by atoms with Gasteiger partial charge in [0.2, 0.25) is 0 Å². The van der Waals surface area contributed by atoms with Gasteiger partial charge in [0.05, 0.1) is 13.2 Å². The van der Waals surface area contributed by atoms with Crippen LogP contribution < -0.4 is 10.1 Å². The summed E-state index contributed by atoms with van der Waals surface area (Å²) in [6, 6.07) is 10.2. The first-order valence-electron chi connectivity index (χ1n) is 7.64. The summed E-state index contributed by atoms with van der Waals surface area (Å²) in [6.07, 6.45) is 3.38. The monoisotopic (exact) mass is 311 g/mol. The fraction of sp³-hybridized carbons (Fsp3) is 0.316. The van der Waals surface area contributed by atoms with Gasteiger partial charge in [-0.3, -0.25) is 0 Å². The van der Waals surface area contributed by atoms with Crippen molar-refractivity contribution in [3.8, 4) is 5.75 Å². The summed E-state index contributed by atoms with van der Waals surface area (Å²) in [4.78, 5) is 11.1. The Morgan fingerprint density at radius 1 is 1.26 bits per heavy atom. The molecule has 1 fully saturated rings. The largest absolute Gasteiger partial charge is 0.496 e. The van der Waals surface area contributed by atoms with Crippen molar-refractivity contribution in [1.29, 1.82) is 0 Å². The van der Waals surface area contributed by atoms with E-state index in [0.29, 0.717) is 13.0 Å². The topological polar surface area (TPSA) is 47.6 Å². The highest BCUT2D eigenvalue weighted by molar-refractivity contribution is 5.88. The van der Waals surface area contributed by atoms with Gasteiger partial charge < -0.3 is 19.6 Å². The fourth-order valence-electron chi connectivity index (χ4n) is 3.30. The standard InChI is InChI=1S/C19H21NO3/c1-4-13-7-15-8-16(6-5-14(15)9-18(13)22-2)19(23-3)10-17(11-21)20-12-19/h4-9,11,17,20H,1,10,12H2,2-3H3/t17-,19-/m0/s1. The second-order valence-corrected chi connectivity index (χ2v) is 5.89. The van der Waals surface area contributed by atoms with Crippen LogP contribution in [-0.4, -0.2) is 33.1 Å². The molecular formula is C19H21NO3. The molecule has 120 valence electrons. The van der Waals surface area contributed by atoms with Crippen LogP contribution in [0.2, 0.25) is 0 Å². The van der Waals surface area contributed by atoms with E-state index in [2.05, 4.69) is 36.2 Å². The lowest BCUT2D eigenvalue weighted by Gasteiger charge is -2.27. The summed E-state index contributed by atoms with van der Waals surface area (Å²) in [5.41, 5.74) is 1.57. The molecule has 2 aromatic rings. The Balaban J connectivity index is 2.09. The normalized spacial score (nSPS) is 23.8. The van der Waals surface area contributed by atoms with Crippen LogP contribution in [0.25, 0.3) is 16.8 Å². The molecule has 0 aliphatic carbocycles. The first-order valence-corrected chi connectivity index (χ1v) is 7.64. The van der Waals surface area contributed by atoms with E-state index in [4.69, 9.17) is 9.47 Å². The summed E-state index contributed by atoms with van der Waals surface area (Å²) < 4.78 is 11.2. The van der Waals surface area contributed by atoms with E-state index in [1.165, 1.54) is 0 Å². The molecule has 0 amide bonds. The number of ether oxygens (including phenoxy) is 2. The maximum Gasteiger partial charge on any atom is 0.137 e. The predicted molar refractivity (Wildman–Crippen MR) is 91.7 cm³/mol. The van der Waals surface area contributed by atoms with Crippen molar-refractivity contribution in [2.24, 2.45) is 0 Å². The average Bonchev–Trinajstić information content (AvgIpc) is 3.05. The molecule has 2 aromatic carbocycles. The van der Waals surface area contributed by atoms with Gasteiger partial charge in [-0.15, -0.1) is 0 Å². The van der Waals surface area contributed by atoms with E-state index in [0.717, 1.165) is 33.9 Å². The van der Waals surface area contributed by atoms with Crippen molar-refractivity contribution in [1.82, 2.24) is 5.32 Å². The minimum absolute atomic E-state index is 0.162. The van der Waals surface area contributed by atoms with E-state index in [1.54, 1.807) is 20.3 Å². The van der Waals surface area contributed by atoms with Crippen molar-refractivity contribution in [2.45, 2.75) is 18.1 Å². The fourth-order valence-corrected chi connectivity index (χ4v) is 3.30. The van der Waals surface area contributed by atoms with E-state index in [1.807, 2.05) is 6.07 Å². The number of hydrogen-bond acceptors (Lipinski definition) is 4. The SMILES string of the molecule is C=Cc1cc2cc([C@@]3(OC)CN[C@H](C=O)C3)ccc2cc1OC. The Hall–Kier alpha value is -2.17. The van der Waals surface area contributed by atoms with Gasteiger partial charge in [0.25, 0.3) is 0 Å². The summed E-state index contributed by atoms with van der Waals surface area (Å²) in [6.45, 7) is 4.47. The van der Waals surface area contributed by atoms with E-state index in [-0.39, 0.29) is 6.04 Å². The highest BCUT2D eigenvalue weighted by Crippen LogP contribution is 2.36. The molecule has 1 saturated heterocycles. The highest BCUT2D eigenvalue weighted by atomic mass is 16.5. The number of hydrogen-bond donors (Lipinski definition) is 1. The van der Waals surface area contributed by atoms with Crippen molar-refractivity contribution < 1.29 is 14.3 Å². The number of benzene rings is 2. The molecule has 4 heteroatoms. The average molecular weight is 311 g/mol. The van der Waals surface area contributed by atoms with Crippen LogP contribution in [0.1, 0.15) is 17.5 Å². The minimum Gasteiger partial charge on any atom is -0.496 e. The van der Waals surface area contributed by atoms with Gasteiger partial charge in [0, 0.05) is 25.6 Å². The molecular weight excluding hydrogens is 290 g/mol. The Morgan fingerprint density at radius 2 is 2.09 bits per heavy atom. The van der Waals surface area contributed by atoms with Gasteiger partial charge in [0.1, 0.15) is 17.6 Å². The Labute approximate surface area is 136 Å². The van der Waals surface area contributed by atoms with E-state index < -0.39 is 5.60 Å². The van der Waals surface area contributed by atoms with Crippen molar-refractivity contribution in [2.75, 3.05) is 20.8 Å². The number of fused-ring (bicyclic) bond motifs is 1. The lowest BCUT2D eigenvalue weighted by Crippen LogP contribution is -2.30. The molecule has 1 heterocycles. The van der Waals surface area contributed by atoms with E-state index >= 15 is 0 Å². The molecule has 1 aliphatic heterocycles. The van der Waals surface area contributed by atoms with Gasteiger partial charge in [0.15, 0.2) is 0 Å². The highest BCUT2D eigenvalue weighted by Gasteiger charge is 2.40. The van der Waals surface area contributed by atoms with Crippen molar-refractivity contribution in [3.05, 3.63) is 48.0 Å². The maximum absolute atomic E-state index is 11.1. The quantitative estimate of drug-likeness (QED) is 0.863. The first-order chi connectivity index (χ1) is 11.2. The zero-order valence-electron chi connectivity index (χ0n) is 13.5. The van der Waals surface area contributed by atoms with Gasteiger partial charge in [-0.25, -0.2) is 0 Å². The smallest absolute Gasteiger partial charge is 0.137 e. The third-order valence-corrected chi connectivity index (χ3v) is 4.69. The molecule has 1 N–H and O–H groups in total. The van der Waals surface area contributed by atoms with Gasteiger partial charge >= 0.3 is 0 Å². The van der Waals surface area contributed by atoms with Crippen molar-refractivity contribution >= 4 is 23.1 Å². The maximum atomic E-state index is 11.1. The third-order valence-electron chi connectivity index (χ3n) is 4.69. The molecule has 0 bridgehead atoms. The Morgan fingerprint density at radius 3 is 2.70 bits per heavy atom. The van der Waals surface area contributed by atoms with Gasteiger partial charge in [-0.05, 0) is 34.5 Å². The Kier molecular flexibility index (Phi) is 4.20. The molecule has 4 nitrogen and oxygen atoms in total. The molecule has 1 aliphatic rings. The van der Waals surface area contributed by atoms with Crippen LogP contribution in [0.15, 0.2) is 36.9 Å². The zero-order chi connectivity index (χ0) is 16.4. The molecule has 0 saturated carbocycles. The summed E-state index contributed by atoms with van der Waals surface area (Å²) in [5, 5.41) is 5.40. The number of nitrogens with one attached hydrogen (secondary N) is 1. The van der Waals surface area contributed by atoms with E-state index in [9.17, 15) is 4.79 Å². The van der Waals surface area contributed by atoms with Crippen LogP contribution in [0, 0.1) is 0 Å². The molecule has 23 heavy (non-hydrogen) atoms. The molecule has 0 unspecified atom stereocenters. The van der Waals surface area contributed by atoms with Crippen LogP contribution in [0.5, 0.6) is 5.75 Å².